The van der Waals surface area contributed by atoms with Crippen LogP contribution in [0.3, 0.4) is 0 Å². The van der Waals surface area contributed by atoms with Gasteiger partial charge in [-0.2, -0.15) is 0 Å². The van der Waals surface area contributed by atoms with Crippen LogP contribution in [0.15, 0.2) is 12.1 Å². The van der Waals surface area contributed by atoms with Gasteiger partial charge in [-0.05, 0) is 19.1 Å². The number of benzene rings is 1. The Labute approximate surface area is 113 Å². The van der Waals surface area contributed by atoms with Gasteiger partial charge in [-0.1, -0.05) is 23.2 Å². The summed E-state index contributed by atoms with van der Waals surface area (Å²) in [4.78, 5) is 22.8. The summed E-state index contributed by atoms with van der Waals surface area (Å²) in [6.07, 6.45) is 0. The number of carbonyl (C=O) groups excluding carboxylic acids is 2. The lowest BCUT2D eigenvalue weighted by Gasteiger charge is -2.07. The van der Waals surface area contributed by atoms with Gasteiger partial charge < -0.3 is 10.6 Å². The Morgan fingerprint density at radius 3 is 2.50 bits per heavy atom. The third-order valence-corrected chi connectivity index (χ3v) is 2.64. The van der Waals surface area contributed by atoms with E-state index in [1.807, 2.05) is 0 Å². The Morgan fingerprint density at radius 2 is 1.89 bits per heavy atom. The molecule has 1 aromatic carbocycles. The highest BCUT2D eigenvalue weighted by atomic mass is 35.5. The van der Waals surface area contributed by atoms with Gasteiger partial charge in [0.2, 0.25) is 5.91 Å². The number of rotatable bonds is 4. The van der Waals surface area contributed by atoms with E-state index in [0.717, 1.165) is 12.1 Å². The van der Waals surface area contributed by atoms with Gasteiger partial charge in [0.1, 0.15) is 5.82 Å². The topological polar surface area (TPSA) is 58.2 Å². The van der Waals surface area contributed by atoms with Gasteiger partial charge in [0.25, 0.3) is 5.91 Å². The molecule has 0 bridgehead atoms. The smallest absolute Gasteiger partial charge is 0.253 e. The Morgan fingerprint density at radius 1 is 1.22 bits per heavy atom. The zero-order valence-corrected chi connectivity index (χ0v) is 11.0. The van der Waals surface area contributed by atoms with Crippen LogP contribution in [0, 0.1) is 5.82 Å². The SMILES string of the molecule is CCNC(=O)CNC(=O)c1cc(F)c(Cl)cc1Cl. The molecule has 2 N–H and O–H groups in total. The summed E-state index contributed by atoms with van der Waals surface area (Å²) < 4.78 is 13.2. The number of carbonyl (C=O) groups is 2. The molecule has 4 nitrogen and oxygen atoms in total. The molecule has 0 aliphatic heterocycles. The molecule has 18 heavy (non-hydrogen) atoms. The second-order valence-electron chi connectivity index (χ2n) is 3.38. The van der Waals surface area contributed by atoms with Crippen molar-refractivity contribution < 1.29 is 14.0 Å². The second kappa shape index (κ2) is 6.56. The maximum atomic E-state index is 13.2. The fourth-order valence-electron chi connectivity index (χ4n) is 1.21. The average Bonchev–Trinajstić information content (AvgIpc) is 2.31. The van der Waals surface area contributed by atoms with Gasteiger partial charge in [0.15, 0.2) is 0 Å². The van der Waals surface area contributed by atoms with Gasteiger partial charge >= 0.3 is 0 Å². The Kier molecular flexibility index (Phi) is 5.37. The van der Waals surface area contributed by atoms with E-state index < -0.39 is 11.7 Å². The summed E-state index contributed by atoms with van der Waals surface area (Å²) in [5.41, 5.74) is -0.0668. The average molecular weight is 293 g/mol. The molecule has 7 heteroatoms. The Balaban J connectivity index is 2.73. The molecule has 1 aromatic rings. The van der Waals surface area contributed by atoms with Crippen LogP contribution in [-0.2, 0) is 4.79 Å². The first-order valence-corrected chi connectivity index (χ1v) is 5.90. The number of amides is 2. The van der Waals surface area contributed by atoms with Crippen molar-refractivity contribution >= 4 is 35.0 Å². The second-order valence-corrected chi connectivity index (χ2v) is 4.20. The lowest BCUT2D eigenvalue weighted by atomic mass is 10.2. The van der Waals surface area contributed by atoms with E-state index in [2.05, 4.69) is 10.6 Å². The van der Waals surface area contributed by atoms with E-state index >= 15 is 0 Å². The lowest BCUT2D eigenvalue weighted by molar-refractivity contribution is -0.120. The fraction of sp³-hybridized carbons (Fsp3) is 0.273. The zero-order valence-electron chi connectivity index (χ0n) is 9.52. The van der Waals surface area contributed by atoms with Gasteiger partial charge in [-0.15, -0.1) is 0 Å². The molecular formula is C11H11Cl2FN2O2. The van der Waals surface area contributed by atoms with Crippen molar-refractivity contribution in [2.24, 2.45) is 0 Å². The van der Waals surface area contributed by atoms with Crippen LogP contribution in [0.4, 0.5) is 4.39 Å². The maximum absolute atomic E-state index is 13.2. The molecule has 1 rings (SSSR count). The first-order chi connectivity index (χ1) is 8.45. The molecule has 98 valence electrons. The summed E-state index contributed by atoms with van der Waals surface area (Å²) in [5.74, 6) is -1.72. The highest BCUT2D eigenvalue weighted by Gasteiger charge is 2.14. The summed E-state index contributed by atoms with van der Waals surface area (Å²) in [7, 11) is 0. The third-order valence-electron chi connectivity index (χ3n) is 2.04. The van der Waals surface area contributed by atoms with Crippen molar-refractivity contribution in [2.45, 2.75) is 6.92 Å². The summed E-state index contributed by atoms with van der Waals surface area (Å²) in [6, 6.07) is 2.07. The number of halogens is 3. The molecule has 0 aliphatic rings. The van der Waals surface area contributed by atoms with Crippen LogP contribution in [0.25, 0.3) is 0 Å². The number of likely N-dealkylation sites (N-methyl/N-ethyl adjacent to an activating group) is 1. The standard InChI is InChI=1S/C11H11Cl2FN2O2/c1-2-15-10(17)5-16-11(18)6-3-9(14)8(13)4-7(6)12/h3-4H,2,5H2,1H3,(H,15,17)(H,16,18). The highest BCUT2D eigenvalue weighted by Crippen LogP contribution is 2.24. The fourth-order valence-corrected chi connectivity index (χ4v) is 1.68. The molecular weight excluding hydrogens is 282 g/mol. The van der Waals surface area contributed by atoms with E-state index in [1.54, 1.807) is 6.92 Å². The molecule has 0 unspecified atom stereocenters. The number of hydrogen-bond donors (Lipinski definition) is 2. The predicted molar refractivity (Wildman–Crippen MR) is 67.4 cm³/mol. The minimum Gasteiger partial charge on any atom is -0.355 e. The molecule has 0 spiro atoms. The molecule has 0 fully saturated rings. The Bertz CT molecular complexity index is 480. The summed E-state index contributed by atoms with van der Waals surface area (Å²) >= 11 is 11.3. The van der Waals surface area contributed by atoms with E-state index in [4.69, 9.17) is 23.2 Å². The van der Waals surface area contributed by atoms with Gasteiger partial charge in [0.05, 0.1) is 22.2 Å². The zero-order chi connectivity index (χ0) is 13.7. The van der Waals surface area contributed by atoms with Crippen LogP contribution in [0.5, 0.6) is 0 Å². The summed E-state index contributed by atoms with van der Waals surface area (Å²) in [6.45, 7) is 2.02. The van der Waals surface area contributed by atoms with Crippen molar-refractivity contribution in [2.75, 3.05) is 13.1 Å². The first-order valence-electron chi connectivity index (χ1n) is 5.15. The third kappa shape index (κ3) is 3.85. The number of hydrogen-bond acceptors (Lipinski definition) is 2. The van der Waals surface area contributed by atoms with Crippen molar-refractivity contribution in [1.29, 1.82) is 0 Å². The van der Waals surface area contributed by atoms with Crippen molar-refractivity contribution in [3.05, 3.63) is 33.6 Å². The molecule has 0 atom stereocenters. The van der Waals surface area contributed by atoms with Crippen LogP contribution < -0.4 is 10.6 Å². The monoisotopic (exact) mass is 292 g/mol. The van der Waals surface area contributed by atoms with E-state index in [9.17, 15) is 14.0 Å². The largest absolute Gasteiger partial charge is 0.355 e. The molecule has 2 amide bonds. The number of nitrogens with one attached hydrogen (secondary N) is 2. The minimum atomic E-state index is -0.746. The van der Waals surface area contributed by atoms with Gasteiger partial charge in [-0.25, -0.2) is 4.39 Å². The highest BCUT2D eigenvalue weighted by molar-refractivity contribution is 6.36. The first kappa shape index (κ1) is 14.7. The normalized spacial score (nSPS) is 10.0. The van der Waals surface area contributed by atoms with Crippen LogP contribution >= 0.6 is 23.2 Å². The Hall–Kier alpha value is -1.33. The maximum Gasteiger partial charge on any atom is 0.253 e. The van der Waals surface area contributed by atoms with Crippen molar-refractivity contribution in [3.8, 4) is 0 Å². The van der Waals surface area contributed by atoms with E-state index in [-0.39, 0.29) is 28.1 Å². The van der Waals surface area contributed by atoms with Gasteiger partial charge in [-0.3, -0.25) is 9.59 Å². The van der Waals surface area contributed by atoms with Crippen LogP contribution in [0.2, 0.25) is 10.0 Å². The van der Waals surface area contributed by atoms with Crippen LogP contribution in [-0.4, -0.2) is 24.9 Å². The van der Waals surface area contributed by atoms with Gasteiger partial charge in [0, 0.05) is 6.54 Å². The predicted octanol–water partition coefficient (Wildman–Crippen LogP) is 2.00. The minimum absolute atomic E-state index is 0.0230. The van der Waals surface area contributed by atoms with Crippen LogP contribution in [0.1, 0.15) is 17.3 Å². The quantitative estimate of drug-likeness (QED) is 0.834. The molecule has 0 heterocycles. The molecule has 0 radical (unpaired) electrons. The van der Waals surface area contributed by atoms with Crippen molar-refractivity contribution in [1.82, 2.24) is 10.6 Å². The van der Waals surface area contributed by atoms with E-state index in [1.165, 1.54) is 0 Å². The molecule has 0 aromatic heterocycles. The van der Waals surface area contributed by atoms with Crippen molar-refractivity contribution in [3.63, 3.8) is 0 Å². The van der Waals surface area contributed by atoms with E-state index in [0.29, 0.717) is 6.54 Å². The lowest BCUT2D eigenvalue weighted by Crippen LogP contribution is -2.36. The summed E-state index contributed by atoms with van der Waals surface area (Å²) in [5, 5.41) is 4.69. The molecule has 0 aliphatic carbocycles. The molecule has 0 saturated heterocycles. The molecule has 0 saturated carbocycles.